The van der Waals surface area contributed by atoms with Crippen LogP contribution in [0.3, 0.4) is 0 Å². The van der Waals surface area contributed by atoms with Crippen molar-refractivity contribution < 1.29 is 27.9 Å². The van der Waals surface area contributed by atoms with Crippen LogP contribution in [0.1, 0.15) is 41.0 Å². The van der Waals surface area contributed by atoms with Crippen molar-refractivity contribution in [1.29, 1.82) is 0 Å². The summed E-state index contributed by atoms with van der Waals surface area (Å²) < 4.78 is 34.0. The first kappa shape index (κ1) is 26.7. The lowest BCUT2D eigenvalue weighted by Crippen LogP contribution is -2.47. The molecular weight excluding hydrogens is 520 g/mol. The van der Waals surface area contributed by atoms with Crippen LogP contribution in [0.25, 0.3) is 22.0 Å². The number of nitrogen functional groups attached to an aromatic ring is 1. The van der Waals surface area contributed by atoms with Gasteiger partial charge in [0.2, 0.25) is 12.4 Å². The van der Waals surface area contributed by atoms with E-state index in [-0.39, 0.29) is 28.7 Å². The van der Waals surface area contributed by atoms with Crippen LogP contribution in [-0.2, 0) is 34.0 Å². The van der Waals surface area contributed by atoms with Gasteiger partial charge in [-0.1, -0.05) is 30.3 Å². The fraction of sp³-hybridized carbons (Fsp3) is 0.207. The first-order valence-electron chi connectivity index (χ1n) is 12.4. The van der Waals surface area contributed by atoms with Crippen LogP contribution in [0.4, 0.5) is 14.7 Å². The number of nitrogens with one attached hydrogen (secondary N) is 1. The molecule has 0 atom stereocenters. The highest BCUT2D eigenvalue weighted by molar-refractivity contribution is 6.06. The van der Waals surface area contributed by atoms with Crippen LogP contribution in [0.2, 0.25) is 0 Å². The maximum absolute atomic E-state index is 14.4. The number of aromatic nitrogens is 2. The summed E-state index contributed by atoms with van der Waals surface area (Å²) in [6.07, 6.45) is 0.369. The summed E-state index contributed by atoms with van der Waals surface area (Å²) in [5, 5.41) is 2.72. The number of nitrogens with zero attached hydrogens (tertiary/aromatic N) is 3. The zero-order valence-electron chi connectivity index (χ0n) is 21.7. The smallest absolute Gasteiger partial charge is 0.331 e. The predicted molar refractivity (Wildman–Crippen MR) is 142 cm³/mol. The molecule has 0 spiro atoms. The Morgan fingerprint density at radius 1 is 1.05 bits per heavy atom. The molecule has 0 saturated heterocycles. The zero-order valence-corrected chi connectivity index (χ0v) is 21.7. The molecular formula is C29H25F2N5O4. The number of anilines is 1. The fourth-order valence-electron chi connectivity index (χ4n) is 4.61. The standard InChI is InChI=1S/C29H25F2N5O4/c1-29(2,33-15-37)27(39)40-14-19-10-22(30)23(31)11-20(19)16-7-8-24-21(9-16)25(35-28(32)34-24)26(38)36-12-17-5-3-4-6-18(17)13-36/h3-11,15H,12-14H2,1-2H3,(H,33,37)(H2,32,34,35). The lowest BCUT2D eigenvalue weighted by atomic mass is 9.97. The van der Waals surface area contributed by atoms with Gasteiger partial charge in [0.25, 0.3) is 5.91 Å². The molecule has 0 unspecified atom stereocenters. The molecule has 1 aliphatic rings. The van der Waals surface area contributed by atoms with Crippen molar-refractivity contribution in [2.24, 2.45) is 0 Å². The van der Waals surface area contributed by atoms with E-state index in [2.05, 4.69) is 15.3 Å². The Labute approximate surface area is 228 Å². The molecule has 0 fully saturated rings. The van der Waals surface area contributed by atoms with Crippen molar-refractivity contribution in [2.45, 2.75) is 39.1 Å². The van der Waals surface area contributed by atoms with E-state index in [1.165, 1.54) is 13.8 Å². The highest BCUT2D eigenvalue weighted by atomic mass is 19.2. The van der Waals surface area contributed by atoms with Crippen LogP contribution in [-0.4, -0.2) is 38.7 Å². The first-order valence-corrected chi connectivity index (χ1v) is 12.4. The number of fused-ring (bicyclic) bond motifs is 2. The molecule has 0 radical (unpaired) electrons. The highest BCUT2D eigenvalue weighted by Crippen LogP contribution is 2.32. The molecule has 0 bridgehead atoms. The van der Waals surface area contributed by atoms with Crippen molar-refractivity contribution in [3.8, 4) is 11.1 Å². The third kappa shape index (κ3) is 5.05. The minimum Gasteiger partial charge on any atom is -0.459 e. The van der Waals surface area contributed by atoms with E-state index in [0.29, 0.717) is 36.0 Å². The van der Waals surface area contributed by atoms with Gasteiger partial charge < -0.3 is 20.7 Å². The second-order valence-electron chi connectivity index (χ2n) is 9.98. The second kappa shape index (κ2) is 10.3. The number of nitrogens with two attached hydrogens (primary N) is 1. The number of carbonyl (C=O) groups is 3. The van der Waals surface area contributed by atoms with Gasteiger partial charge in [0, 0.05) is 24.0 Å². The van der Waals surface area contributed by atoms with Crippen molar-refractivity contribution in [3.05, 3.63) is 88.6 Å². The van der Waals surface area contributed by atoms with E-state index in [1.54, 1.807) is 23.1 Å². The SMILES string of the molecule is CC(C)(NC=O)C(=O)OCc1cc(F)c(F)cc1-c1ccc2nc(N)nc(C(=O)N3Cc4ccccc4C3)c2c1. The number of benzene rings is 3. The van der Waals surface area contributed by atoms with Crippen molar-refractivity contribution in [2.75, 3.05) is 5.73 Å². The van der Waals surface area contributed by atoms with Crippen molar-refractivity contribution >= 4 is 35.1 Å². The number of hydrogen-bond acceptors (Lipinski definition) is 7. The number of hydrogen-bond donors (Lipinski definition) is 2. The summed E-state index contributed by atoms with van der Waals surface area (Å²) in [5.41, 5.74) is 7.96. The van der Waals surface area contributed by atoms with E-state index in [4.69, 9.17) is 10.5 Å². The number of rotatable bonds is 7. The Morgan fingerprint density at radius 3 is 2.40 bits per heavy atom. The van der Waals surface area contributed by atoms with Gasteiger partial charge in [-0.2, -0.15) is 0 Å². The van der Waals surface area contributed by atoms with Crippen molar-refractivity contribution in [3.63, 3.8) is 0 Å². The predicted octanol–water partition coefficient (Wildman–Crippen LogP) is 3.88. The third-order valence-corrected chi connectivity index (χ3v) is 6.79. The molecule has 4 aromatic rings. The van der Waals surface area contributed by atoms with Gasteiger partial charge in [0.15, 0.2) is 11.6 Å². The van der Waals surface area contributed by atoms with Gasteiger partial charge in [-0.05, 0) is 60.4 Å². The van der Waals surface area contributed by atoms with Crippen LogP contribution >= 0.6 is 0 Å². The van der Waals surface area contributed by atoms with Crippen LogP contribution in [0.15, 0.2) is 54.6 Å². The minimum atomic E-state index is -1.33. The fourth-order valence-corrected chi connectivity index (χ4v) is 4.61. The molecule has 11 heteroatoms. The zero-order chi connectivity index (χ0) is 28.6. The molecule has 0 saturated carbocycles. The molecule has 204 valence electrons. The van der Waals surface area contributed by atoms with Gasteiger partial charge in [-0.3, -0.25) is 9.59 Å². The number of ether oxygens (including phenoxy) is 1. The van der Waals surface area contributed by atoms with Gasteiger partial charge in [-0.15, -0.1) is 0 Å². The molecule has 3 aromatic carbocycles. The van der Waals surface area contributed by atoms with E-state index in [0.717, 1.165) is 23.3 Å². The molecule has 40 heavy (non-hydrogen) atoms. The van der Waals surface area contributed by atoms with Gasteiger partial charge >= 0.3 is 5.97 Å². The first-order chi connectivity index (χ1) is 19.1. The molecule has 2 amide bonds. The molecule has 1 aromatic heterocycles. The Hall–Kier alpha value is -4.93. The molecule has 3 N–H and O–H groups in total. The quantitative estimate of drug-likeness (QED) is 0.267. The van der Waals surface area contributed by atoms with E-state index in [9.17, 15) is 23.2 Å². The summed E-state index contributed by atoms with van der Waals surface area (Å²) in [6.45, 7) is 3.32. The van der Waals surface area contributed by atoms with Crippen LogP contribution < -0.4 is 11.1 Å². The van der Waals surface area contributed by atoms with E-state index < -0.39 is 29.7 Å². The number of halogens is 2. The second-order valence-corrected chi connectivity index (χ2v) is 9.98. The Kier molecular flexibility index (Phi) is 6.88. The summed E-state index contributed by atoms with van der Waals surface area (Å²) in [5.74, 6) is -3.42. The van der Waals surface area contributed by atoms with E-state index in [1.807, 2.05) is 24.3 Å². The number of amides is 2. The average molecular weight is 546 g/mol. The van der Waals surface area contributed by atoms with Crippen LogP contribution in [0.5, 0.6) is 0 Å². The summed E-state index contributed by atoms with van der Waals surface area (Å²) in [7, 11) is 0. The topological polar surface area (TPSA) is 128 Å². The summed E-state index contributed by atoms with van der Waals surface area (Å²) >= 11 is 0. The average Bonchev–Trinajstić information content (AvgIpc) is 3.36. The van der Waals surface area contributed by atoms with Crippen molar-refractivity contribution in [1.82, 2.24) is 20.2 Å². The Balaban J connectivity index is 1.53. The number of esters is 1. The third-order valence-electron chi connectivity index (χ3n) is 6.79. The lowest BCUT2D eigenvalue weighted by molar-refractivity contribution is -0.152. The maximum atomic E-state index is 14.4. The lowest BCUT2D eigenvalue weighted by Gasteiger charge is -2.22. The maximum Gasteiger partial charge on any atom is 0.331 e. The monoisotopic (exact) mass is 545 g/mol. The Bertz CT molecular complexity index is 1650. The molecule has 1 aliphatic heterocycles. The van der Waals surface area contributed by atoms with Gasteiger partial charge in [0.1, 0.15) is 17.8 Å². The van der Waals surface area contributed by atoms with Crippen LogP contribution in [0, 0.1) is 11.6 Å². The molecule has 9 nitrogen and oxygen atoms in total. The Morgan fingerprint density at radius 2 is 1.73 bits per heavy atom. The number of carbonyl (C=O) groups excluding carboxylic acids is 3. The normalized spacial score (nSPS) is 12.8. The van der Waals surface area contributed by atoms with E-state index >= 15 is 0 Å². The van der Waals surface area contributed by atoms with Gasteiger partial charge in [0.05, 0.1) is 5.52 Å². The molecule has 2 heterocycles. The molecule has 5 rings (SSSR count). The summed E-state index contributed by atoms with van der Waals surface area (Å²) in [4.78, 5) is 47.0. The minimum absolute atomic E-state index is 0.0766. The summed E-state index contributed by atoms with van der Waals surface area (Å²) in [6, 6.07) is 14.5. The molecule has 0 aliphatic carbocycles. The largest absolute Gasteiger partial charge is 0.459 e. The van der Waals surface area contributed by atoms with Gasteiger partial charge in [-0.25, -0.2) is 23.5 Å². The highest BCUT2D eigenvalue weighted by Gasteiger charge is 2.29.